The van der Waals surface area contributed by atoms with Crippen molar-refractivity contribution in [2.45, 2.75) is 13.3 Å². The molecule has 0 spiro atoms. The summed E-state index contributed by atoms with van der Waals surface area (Å²) in [4.78, 5) is 4.19. The molecule has 94 valence electrons. The molecule has 0 atom stereocenters. The number of rotatable bonds is 6. The van der Waals surface area contributed by atoms with E-state index < -0.39 is 0 Å². The normalized spacial score (nSPS) is 11.5. The monoisotopic (exact) mass is 239 g/mol. The molecular weight excluding hydrogens is 222 g/mol. The summed E-state index contributed by atoms with van der Waals surface area (Å²) in [6.45, 7) is 2.97. The minimum atomic E-state index is 0.0391. The van der Waals surface area contributed by atoms with Gasteiger partial charge in [0.15, 0.2) is 5.84 Å². The van der Waals surface area contributed by atoms with Crippen molar-refractivity contribution in [3.05, 3.63) is 23.4 Å². The lowest BCUT2D eigenvalue weighted by Gasteiger charge is -2.07. The molecule has 6 heteroatoms. The molecule has 3 N–H and O–H groups in total. The predicted octanol–water partition coefficient (Wildman–Crippen LogP) is 0.900. The average Bonchev–Trinajstić information content (AvgIpc) is 2.33. The summed E-state index contributed by atoms with van der Waals surface area (Å²) in [5.74, 6) is 0.500. The van der Waals surface area contributed by atoms with Gasteiger partial charge in [-0.3, -0.25) is 0 Å². The Morgan fingerprint density at radius 3 is 2.88 bits per heavy atom. The molecule has 0 radical (unpaired) electrons. The van der Waals surface area contributed by atoms with Gasteiger partial charge in [0.1, 0.15) is 0 Å². The maximum atomic E-state index is 8.60. The summed E-state index contributed by atoms with van der Waals surface area (Å²) in [7, 11) is 1.64. The molecule has 0 unspecified atom stereocenters. The van der Waals surface area contributed by atoms with Crippen LogP contribution in [0, 0.1) is 6.92 Å². The largest absolute Gasteiger partial charge is 0.478 e. The highest BCUT2D eigenvalue weighted by Crippen LogP contribution is 2.12. The smallest absolute Gasteiger partial charge is 0.214 e. The Labute approximate surface area is 100 Å². The van der Waals surface area contributed by atoms with Gasteiger partial charge in [-0.1, -0.05) is 5.16 Å². The number of methoxy groups -OCH3 is 1. The summed E-state index contributed by atoms with van der Waals surface area (Å²) >= 11 is 0. The van der Waals surface area contributed by atoms with Crippen molar-refractivity contribution >= 4 is 5.84 Å². The number of oxime groups is 1. The molecule has 17 heavy (non-hydrogen) atoms. The van der Waals surface area contributed by atoms with E-state index in [1.165, 1.54) is 0 Å². The Kier molecular flexibility index (Phi) is 5.22. The Balaban J connectivity index is 2.69. The highest BCUT2D eigenvalue weighted by molar-refractivity contribution is 5.97. The van der Waals surface area contributed by atoms with Gasteiger partial charge in [-0.15, -0.1) is 0 Å². The zero-order chi connectivity index (χ0) is 12.7. The van der Waals surface area contributed by atoms with Crippen molar-refractivity contribution in [3.8, 4) is 5.88 Å². The maximum absolute atomic E-state index is 8.60. The summed E-state index contributed by atoms with van der Waals surface area (Å²) in [5, 5.41) is 11.5. The van der Waals surface area contributed by atoms with Gasteiger partial charge in [0.25, 0.3) is 0 Å². The molecule has 0 bridgehead atoms. The predicted molar refractivity (Wildman–Crippen MR) is 63.5 cm³/mol. The van der Waals surface area contributed by atoms with Gasteiger partial charge in [0.05, 0.1) is 6.61 Å². The number of hydrogen-bond donors (Lipinski definition) is 2. The molecule has 0 aromatic carbocycles. The molecule has 0 aliphatic heterocycles. The van der Waals surface area contributed by atoms with Crippen LogP contribution >= 0.6 is 0 Å². The van der Waals surface area contributed by atoms with E-state index >= 15 is 0 Å². The second-order valence-electron chi connectivity index (χ2n) is 3.52. The van der Waals surface area contributed by atoms with Crippen molar-refractivity contribution in [1.29, 1.82) is 0 Å². The Hall–Kier alpha value is -1.82. The number of nitrogens with two attached hydrogens (primary N) is 1. The Morgan fingerprint density at radius 1 is 1.47 bits per heavy atom. The van der Waals surface area contributed by atoms with Gasteiger partial charge in [-0.25, -0.2) is 4.98 Å². The topological polar surface area (TPSA) is 90.0 Å². The van der Waals surface area contributed by atoms with E-state index in [1.54, 1.807) is 19.2 Å². The highest BCUT2D eigenvalue weighted by Gasteiger charge is 2.05. The molecule has 1 rings (SSSR count). The standard InChI is InChI=1S/C11H17N3O3/c1-8-6-9(11(12)14-15)7-10(13-8)17-5-3-4-16-2/h6-7,15H,3-5H2,1-2H3,(H2,12,14). The first-order valence-electron chi connectivity index (χ1n) is 5.25. The van der Waals surface area contributed by atoms with Crippen molar-refractivity contribution in [3.63, 3.8) is 0 Å². The lowest BCUT2D eigenvalue weighted by Crippen LogP contribution is -2.14. The molecule has 0 saturated carbocycles. The fraction of sp³-hybridized carbons (Fsp3) is 0.455. The van der Waals surface area contributed by atoms with Gasteiger partial charge in [-0.05, 0) is 13.0 Å². The number of amidine groups is 1. The molecular formula is C11H17N3O3. The zero-order valence-electron chi connectivity index (χ0n) is 10.0. The van der Waals surface area contributed by atoms with Crippen molar-refractivity contribution in [1.82, 2.24) is 4.98 Å². The molecule has 1 aromatic rings. The van der Waals surface area contributed by atoms with Gasteiger partial charge in [0, 0.05) is 37.5 Å². The van der Waals surface area contributed by atoms with E-state index in [0.29, 0.717) is 24.7 Å². The molecule has 0 fully saturated rings. The number of ether oxygens (including phenoxy) is 2. The molecule has 1 heterocycles. The highest BCUT2D eigenvalue weighted by atomic mass is 16.5. The molecule has 0 amide bonds. The number of hydrogen-bond acceptors (Lipinski definition) is 5. The third-order valence-electron chi connectivity index (χ3n) is 2.08. The second kappa shape index (κ2) is 6.70. The molecule has 0 aliphatic rings. The fourth-order valence-corrected chi connectivity index (χ4v) is 1.30. The lowest BCUT2D eigenvalue weighted by atomic mass is 10.2. The first kappa shape index (κ1) is 13.2. The van der Waals surface area contributed by atoms with E-state index in [-0.39, 0.29) is 5.84 Å². The van der Waals surface area contributed by atoms with E-state index in [2.05, 4.69) is 10.1 Å². The summed E-state index contributed by atoms with van der Waals surface area (Å²) < 4.78 is 10.4. The zero-order valence-corrected chi connectivity index (χ0v) is 10.0. The third-order valence-corrected chi connectivity index (χ3v) is 2.08. The van der Waals surface area contributed by atoms with Crippen LogP contribution in [0.15, 0.2) is 17.3 Å². The Morgan fingerprint density at radius 2 is 2.24 bits per heavy atom. The van der Waals surface area contributed by atoms with Gasteiger partial charge in [-0.2, -0.15) is 0 Å². The second-order valence-corrected chi connectivity index (χ2v) is 3.52. The van der Waals surface area contributed by atoms with Crippen LogP contribution in [0.2, 0.25) is 0 Å². The van der Waals surface area contributed by atoms with Crippen molar-refractivity contribution < 1.29 is 14.7 Å². The summed E-state index contributed by atoms with van der Waals surface area (Å²) in [5.41, 5.74) is 6.84. The van der Waals surface area contributed by atoms with Crippen molar-refractivity contribution in [2.75, 3.05) is 20.3 Å². The number of nitrogens with zero attached hydrogens (tertiary/aromatic N) is 2. The third kappa shape index (κ3) is 4.28. The SMILES string of the molecule is COCCCOc1cc(/C(N)=N/O)cc(C)n1. The van der Waals surface area contributed by atoms with E-state index in [0.717, 1.165) is 12.1 Å². The minimum absolute atomic E-state index is 0.0391. The summed E-state index contributed by atoms with van der Waals surface area (Å²) in [6, 6.07) is 3.35. The Bertz CT molecular complexity index is 394. The first-order valence-corrected chi connectivity index (χ1v) is 5.25. The molecule has 0 saturated heterocycles. The van der Waals surface area contributed by atoms with E-state index in [1.807, 2.05) is 6.92 Å². The fourth-order valence-electron chi connectivity index (χ4n) is 1.30. The first-order chi connectivity index (χ1) is 8.17. The average molecular weight is 239 g/mol. The number of aryl methyl sites for hydroxylation is 1. The van der Waals surface area contributed by atoms with Crippen LogP contribution in [0.1, 0.15) is 17.7 Å². The summed E-state index contributed by atoms with van der Waals surface area (Å²) in [6.07, 6.45) is 0.783. The van der Waals surface area contributed by atoms with E-state index in [9.17, 15) is 0 Å². The van der Waals surface area contributed by atoms with Crippen LogP contribution in [-0.4, -0.2) is 36.4 Å². The van der Waals surface area contributed by atoms with Crippen LogP contribution < -0.4 is 10.5 Å². The van der Waals surface area contributed by atoms with Crippen LogP contribution in [0.25, 0.3) is 0 Å². The minimum Gasteiger partial charge on any atom is -0.478 e. The molecule has 1 aromatic heterocycles. The molecule has 0 aliphatic carbocycles. The van der Waals surface area contributed by atoms with Gasteiger partial charge in [0.2, 0.25) is 5.88 Å². The molecule has 6 nitrogen and oxygen atoms in total. The van der Waals surface area contributed by atoms with Crippen LogP contribution in [0.3, 0.4) is 0 Å². The van der Waals surface area contributed by atoms with Gasteiger partial charge < -0.3 is 20.4 Å². The van der Waals surface area contributed by atoms with Gasteiger partial charge >= 0.3 is 0 Å². The lowest BCUT2D eigenvalue weighted by molar-refractivity contribution is 0.170. The van der Waals surface area contributed by atoms with Crippen molar-refractivity contribution in [2.24, 2.45) is 10.9 Å². The number of aromatic nitrogens is 1. The van der Waals surface area contributed by atoms with E-state index in [4.69, 9.17) is 20.4 Å². The van der Waals surface area contributed by atoms with Crippen LogP contribution in [-0.2, 0) is 4.74 Å². The van der Waals surface area contributed by atoms with Crippen LogP contribution in [0.5, 0.6) is 5.88 Å². The van der Waals surface area contributed by atoms with Crippen LogP contribution in [0.4, 0.5) is 0 Å². The number of pyridine rings is 1. The quantitative estimate of drug-likeness (QED) is 0.253. The maximum Gasteiger partial charge on any atom is 0.214 e.